The molecular formula is C11H13ClFNO. The first-order valence-electron chi connectivity index (χ1n) is 5.04. The number of aromatic hydroxyl groups is 1. The minimum Gasteiger partial charge on any atom is -0.506 e. The summed E-state index contributed by atoms with van der Waals surface area (Å²) in [6.45, 7) is 1.93. The molecule has 4 heteroatoms. The van der Waals surface area contributed by atoms with Crippen molar-refractivity contribution in [2.75, 3.05) is 13.1 Å². The average molecular weight is 230 g/mol. The molecule has 0 amide bonds. The van der Waals surface area contributed by atoms with E-state index in [0.29, 0.717) is 17.9 Å². The van der Waals surface area contributed by atoms with Gasteiger partial charge in [0.1, 0.15) is 11.6 Å². The third kappa shape index (κ3) is 2.41. The highest BCUT2D eigenvalue weighted by molar-refractivity contribution is 6.32. The quantitative estimate of drug-likeness (QED) is 0.816. The van der Waals surface area contributed by atoms with E-state index in [1.807, 2.05) is 0 Å². The topological polar surface area (TPSA) is 32.3 Å². The molecule has 1 aromatic carbocycles. The second-order valence-corrected chi connectivity index (χ2v) is 4.37. The Bertz CT molecular complexity index is 364. The average Bonchev–Trinajstić information content (AvgIpc) is 2.67. The van der Waals surface area contributed by atoms with Crippen LogP contribution in [-0.2, 0) is 6.42 Å². The van der Waals surface area contributed by atoms with Gasteiger partial charge >= 0.3 is 0 Å². The Labute approximate surface area is 93.1 Å². The molecule has 1 atom stereocenters. The number of phenolic OH excluding ortho intramolecular Hbond substituents is 1. The van der Waals surface area contributed by atoms with Gasteiger partial charge < -0.3 is 10.4 Å². The van der Waals surface area contributed by atoms with Crippen LogP contribution in [0.3, 0.4) is 0 Å². The molecule has 0 saturated carbocycles. The van der Waals surface area contributed by atoms with Crippen LogP contribution in [0.4, 0.5) is 4.39 Å². The lowest BCUT2D eigenvalue weighted by molar-refractivity contribution is 0.466. The van der Waals surface area contributed by atoms with Crippen LogP contribution in [0.15, 0.2) is 12.1 Å². The van der Waals surface area contributed by atoms with Gasteiger partial charge in [-0.15, -0.1) is 0 Å². The van der Waals surface area contributed by atoms with Crippen LogP contribution in [-0.4, -0.2) is 18.2 Å². The third-order valence-corrected chi connectivity index (χ3v) is 3.09. The highest BCUT2D eigenvalue weighted by Gasteiger charge is 2.17. The summed E-state index contributed by atoms with van der Waals surface area (Å²) in [7, 11) is 0. The molecule has 2 nitrogen and oxygen atoms in total. The molecule has 1 heterocycles. The zero-order valence-electron chi connectivity index (χ0n) is 8.26. The van der Waals surface area contributed by atoms with Gasteiger partial charge in [-0.3, -0.25) is 0 Å². The highest BCUT2D eigenvalue weighted by Crippen LogP contribution is 2.28. The first-order valence-corrected chi connectivity index (χ1v) is 5.42. The van der Waals surface area contributed by atoms with E-state index in [9.17, 15) is 9.50 Å². The van der Waals surface area contributed by atoms with Gasteiger partial charge in [-0.1, -0.05) is 11.6 Å². The van der Waals surface area contributed by atoms with Crippen molar-refractivity contribution in [3.63, 3.8) is 0 Å². The molecule has 1 aliphatic rings. The molecule has 0 aliphatic carbocycles. The molecule has 1 aromatic rings. The molecule has 1 saturated heterocycles. The molecule has 15 heavy (non-hydrogen) atoms. The van der Waals surface area contributed by atoms with E-state index in [1.165, 1.54) is 6.07 Å². The van der Waals surface area contributed by atoms with Crippen LogP contribution in [0.5, 0.6) is 5.75 Å². The molecule has 1 unspecified atom stereocenters. The number of phenols is 1. The van der Waals surface area contributed by atoms with Gasteiger partial charge in [0.05, 0.1) is 5.02 Å². The van der Waals surface area contributed by atoms with E-state index in [2.05, 4.69) is 5.32 Å². The van der Waals surface area contributed by atoms with Crippen molar-refractivity contribution in [2.24, 2.45) is 5.92 Å². The number of hydrogen-bond donors (Lipinski definition) is 2. The van der Waals surface area contributed by atoms with Crippen molar-refractivity contribution in [2.45, 2.75) is 12.8 Å². The Kier molecular flexibility index (Phi) is 3.12. The van der Waals surface area contributed by atoms with E-state index in [1.54, 1.807) is 0 Å². The van der Waals surface area contributed by atoms with Crippen molar-refractivity contribution in [3.8, 4) is 5.75 Å². The maximum absolute atomic E-state index is 13.4. The van der Waals surface area contributed by atoms with Crippen molar-refractivity contribution in [1.82, 2.24) is 5.32 Å². The van der Waals surface area contributed by atoms with Crippen molar-refractivity contribution < 1.29 is 9.50 Å². The largest absolute Gasteiger partial charge is 0.506 e. The first kappa shape index (κ1) is 10.7. The highest BCUT2D eigenvalue weighted by atomic mass is 35.5. The summed E-state index contributed by atoms with van der Waals surface area (Å²) in [6.07, 6.45) is 1.75. The molecule has 2 rings (SSSR count). The molecular weight excluding hydrogens is 217 g/mol. The second kappa shape index (κ2) is 4.37. The summed E-state index contributed by atoms with van der Waals surface area (Å²) < 4.78 is 13.4. The number of halogens is 2. The molecule has 2 N–H and O–H groups in total. The summed E-state index contributed by atoms with van der Waals surface area (Å²) in [5, 5.41) is 12.7. The van der Waals surface area contributed by atoms with Crippen LogP contribution in [0.2, 0.25) is 5.02 Å². The maximum atomic E-state index is 13.4. The van der Waals surface area contributed by atoms with E-state index in [0.717, 1.165) is 25.6 Å². The van der Waals surface area contributed by atoms with Gasteiger partial charge in [-0.2, -0.15) is 0 Å². The molecule has 0 spiro atoms. The molecule has 0 bridgehead atoms. The number of hydrogen-bond acceptors (Lipinski definition) is 2. The fourth-order valence-electron chi connectivity index (χ4n) is 1.93. The van der Waals surface area contributed by atoms with E-state index in [4.69, 9.17) is 11.6 Å². The van der Waals surface area contributed by atoms with Crippen LogP contribution in [0.1, 0.15) is 12.0 Å². The Morgan fingerprint density at radius 3 is 3.00 bits per heavy atom. The van der Waals surface area contributed by atoms with Crippen LogP contribution >= 0.6 is 11.6 Å². The zero-order valence-corrected chi connectivity index (χ0v) is 9.02. The molecule has 0 aromatic heterocycles. The lowest BCUT2D eigenvalue weighted by Gasteiger charge is -2.10. The summed E-state index contributed by atoms with van der Waals surface area (Å²) >= 11 is 5.74. The van der Waals surface area contributed by atoms with Gasteiger partial charge in [0.15, 0.2) is 0 Å². The summed E-state index contributed by atoms with van der Waals surface area (Å²) in [4.78, 5) is 0. The van der Waals surface area contributed by atoms with Gasteiger partial charge in [0.2, 0.25) is 0 Å². The Hall–Kier alpha value is -0.800. The lowest BCUT2D eigenvalue weighted by Crippen LogP contribution is -2.11. The maximum Gasteiger partial charge on any atom is 0.137 e. The van der Waals surface area contributed by atoms with Crippen LogP contribution < -0.4 is 5.32 Å². The zero-order chi connectivity index (χ0) is 10.8. The van der Waals surface area contributed by atoms with Crippen LogP contribution in [0.25, 0.3) is 0 Å². The minimum absolute atomic E-state index is 0.192. The smallest absolute Gasteiger partial charge is 0.137 e. The van der Waals surface area contributed by atoms with Crippen LogP contribution in [0, 0.1) is 11.7 Å². The standard InChI is InChI=1S/C11H13ClFNO/c12-9-4-8(10(13)5-11(9)15)3-7-1-2-14-6-7/h4-5,7,14-15H,1-3,6H2. The SMILES string of the molecule is Oc1cc(F)c(CC2CCNC2)cc1Cl. The predicted octanol–water partition coefficient (Wildman–Crippen LogP) is 2.34. The lowest BCUT2D eigenvalue weighted by atomic mass is 9.98. The summed E-state index contributed by atoms with van der Waals surface area (Å²) in [6, 6.07) is 2.60. The Morgan fingerprint density at radius 1 is 1.53 bits per heavy atom. The molecule has 1 aliphatic heterocycles. The first-order chi connectivity index (χ1) is 7.16. The number of nitrogens with one attached hydrogen (secondary N) is 1. The molecule has 1 fully saturated rings. The second-order valence-electron chi connectivity index (χ2n) is 3.96. The van der Waals surface area contributed by atoms with Gasteiger partial charge in [0.25, 0.3) is 0 Å². The van der Waals surface area contributed by atoms with Crippen molar-refractivity contribution >= 4 is 11.6 Å². The fourth-order valence-corrected chi connectivity index (χ4v) is 2.12. The van der Waals surface area contributed by atoms with Crippen molar-refractivity contribution in [3.05, 3.63) is 28.5 Å². The number of benzene rings is 1. The van der Waals surface area contributed by atoms with E-state index < -0.39 is 0 Å². The predicted molar refractivity (Wildman–Crippen MR) is 57.8 cm³/mol. The molecule has 82 valence electrons. The Morgan fingerprint density at radius 2 is 2.33 bits per heavy atom. The summed E-state index contributed by atoms with van der Waals surface area (Å²) in [5.74, 6) is -0.0913. The minimum atomic E-state index is -0.371. The monoisotopic (exact) mass is 229 g/mol. The third-order valence-electron chi connectivity index (χ3n) is 2.79. The van der Waals surface area contributed by atoms with Gasteiger partial charge in [0, 0.05) is 6.07 Å². The number of rotatable bonds is 2. The van der Waals surface area contributed by atoms with E-state index in [-0.39, 0.29) is 16.6 Å². The molecule has 0 radical (unpaired) electrons. The van der Waals surface area contributed by atoms with Gasteiger partial charge in [-0.05, 0) is 43.5 Å². The summed E-state index contributed by atoms with van der Waals surface area (Å²) in [5.41, 5.74) is 0.589. The van der Waals surface area contributed by atoms with Crippen molar-refractivity contribution in [1.29, 1.82) is 0 Å². The van der Waals surface area contributed by atoms with Gasteiger partial charge in [-0.25, -0.2) is 4.39 Å². The van der Waals surface area contributed by atoms with E-state index >= 15 is 0 Å². The normalized spacial score (nSPS) is 20.8. The fraction of sp³-hybridized carbons (Fsp3) is 0.455. The Balaban J connectivity index is 2.16.